The summed E-state index contributed by atoms with van der Waals surface area (Å²) in [5.74, 6) is 0.987. The minimum atomic E-state index is 0.227. The van der Waals surface area contributed by atoms with Crippen molar-refractivity contribution in [3.05, 3.63) is 29.8 Å². The van der Waals surface area contributed by atoms with Gasteiger partial charge in [0.05, 0.1) is 6.10 Å². The summed E-state index contributed by atoms with van der Waals surface area (Å²) in [6, 6.07) is 8.50. The highest BCUT2D eigenvalue weighted by Crippen LogP contribution is 2.26. The minimum Gasteiger partial charge on any atom is -0.490 e. The van der Waals surface area contributed by atoms with Gasteiger partial charge in [0.25, 0.3) is 0 Å². The maximum Gasteiger partial charge on any atom is 0.119 e. The summed E-state index contributed by atoms with van der Waals surface area (Å²) in [6.07, 6.45) is 3.83. The second-order valence-electron chi connectivity index (χ2n) is 4.14. The molecule has 1 aromatic rings. The molecule has 0 heterocycles. The molecule has 0 bridgehead atoms. The normalized spacial score (nSPS) is 17.9. The smallest absolute Gasteiger partial charge is 0.119 e. The van der Waals surface area contributed by atoms with Crippen LogP contribution in [0, 0.1) is 0 Å². The minimum absolute atomic E-state index is 0.227. The first-order valence-corrected chi connectivity index (χ1v) is 5.25. The molecule has 0 aliphatic heterocycles. The summed E-state index contributed by atoms with van der Waals surface area (Å²) in [5.41, 5.74) is 7.00. The molecule has 0 spiro atoms. The summed E-state index contributed by atoms with van der Waals surface area (Å²) in [4.78, 5) is 0. The first-order valence-electron chi connectivity index (χ1n) is 5.25. The third kappa shape index (κ3) is 2.74. The molecule has 0 saturated heterocycles. The van der Waals surface area contributed by atoms with E-state index in [-0.39, 0.29) is 6.04 Å². The van der Waals surface area contributed by atoms with Crippen molar-refractivity contribution in [2.24, 2.45) is 5.73 Å². The van der Waals surface area contributed by atoms with Crippen molar-refractivity contribution in [1.29, 1.82) is 0 Å². The molecule has 0 amide bonds. The van der Waals surface area contributed by atoms with E-state index in [9.17, 15) is 0 Å². The molecule has 1 atom stereocenters. The molecule has 1 fully saturated rings. The van der Waals surface area contributed by atoms with Crippen LogP contribution in [0.3, 0.4) is 0 Å². The summed E-state index contributed by atoms with van der Waals surface area (Å²) < 4.78 is 5.65. The van der Waals surface area contributed by atoms with E-state index in [0.717, 1.165) is 12.2 Å². The van der Waals surface area contributed by atoms with E-state index < -0.39 is 0 Å². The van der Waals surface area contributed by atoms with Gasteiger partial charge in [-0.05, 0) is 43.9 Å². The monoisotopic (exact) mass is 191 g/mol. The summed E-state index contributed by atoms with van der Waals surface area (Å²) in [5, 5.41) is 0. The Kier molecular flexibility index (Phi) is 2.73. The first kappa shape index (κ1) is 9.53. The van der Waals surface area contributed by atoms with Crippen LogP contribution >= 0.6 is 0 Å². The third-order valence-corrected chi connectivity index (χ3v) is 2.31. The van der Waals surface area contributed by atoms with Crippen molar-refractivity contribution in [3.63, 3.8) is 0 Å². The lowest BCUT2D eigenvalue weighted by atomic mass is 10.1. The largest absolute Gasteiger partial charge is 0.490 e. The van der Waals surface area contributed by atoms with Gasteiger partial charge in [0, 0.05) is 6.04 Å². The highest BCUT2D eigenvalue weighted by molar-refractivity contribution is 5.28. The Bertz CT molecular complexity index is 265. The molecule has 2 heteroatoms. The van der Waals surface area contributed by atoms with Crippen LogP contribution in [0.25, 0.3) is 0 Å². The van der Waals surface area contributed by atoms with E-state index >= 15 is 0 Å². The van der Waals surface area contributed by atoms with Gasteiger partial charge in [-0.2, -0.15) is 0 Å². The predicted molar refractivity (Wildman–Crippen MR) is 57.4 cm³/mol. The number of ether oxygens (including phenoxy) is 1. The topological polar surface area (TPSA) is 35.2 Å². The second-order valence-corrected chi connectivity index (χ2v) is 4.14. The van der Waals surface area contributed by atoms with E-state index in [1.165, 1.54) is 18.4 Å². The standard InChI is InChI=1S/C12H17NO/c1-9(13)8-10-2-4-11(5-3-10)14-12-6-7-12/h2-5,9,12H,6-8,13H2,1H3. The highest BCUT2D eigenvalue weighted by Gasteiger charge is 2.23. The Morgan fingerprint density at radius 1 is 1.36 bits per heavy atom. The maximum absolute atomic E-state index is 5.72. The molecular formula is C12H17NO. The average molecular weight is 191 g/mol. The lowest BCUT2D eigenvalue weighted by molar-refractivity contribution is 0.303. The van der Waals surface area contributed by atoms with E-state index in [1.807, 2.05) is 19.1 Å². The Morgan fingerprint density at radius 2 is 2.00 bits per heavy atom. The molecule has 1 unspecified atom stereocenters. The first-order chi connectivity index (χ1) is 6.74. The maximum atomic E-state index is 5.72. The van der Waals surface area contributed by atoms with Gasteiger partial charge in [-0.15, -0.1) is 0 Å². The van der Waals surface area contributed by atoms with Gasteiger partial charge in [-0.1, -0.05) is 12.1 Å². The van der Waals surface area contributed by atoms with Gasteiger partial charge < -0.3 is 10.5 Å². The molecule has 0 radical (unpaired) electrons. The highest BCUT2D eigenvalue weighted by atomic mass is 16.5. The molecule has 14 heavy (non-hydrogen) atoms. The van der Waals surface area contributed by atoms with Crippen LogP contribution in [-0.4, -0.2) is 12.1 Å². The SMILES string of the molecule is CC(N)Cc1ccc(OC2CC2)cc1. The fraction of sp³-hybridized carbons (Fsp3) is 0.500. The molecule has 1 aliphatic carbocycles. The molecule has 0 aromatic heterocycles. The van der Waals surface area contributed by atoms with Gasteiger partial charge in [0.2, 0.25) is 0 Å². The third-order valence-electron chi connectivity index (χ3n) is 2.31. The summed E-state index contributed by atoms with van der Waals surface area (Å²) in [7, 11) is 0. The molecule has 2 rings (SSSR count). The zero-order valence-electron chi connectivity index (χ0n) is 8.57. The molecule has 2 N–H and O–H groups in total. The zero-order chi connectivity index (χ0) is 9.97. The lowest BCUT2D eigenvalue weighted by Gasteiger charge is -2.07. The molecule has 1 aromatic carbocycles. The predicted octanol–water partition coefficient (Wildman–Crippen LogP) is 2.12. The summed E-state index contributed by atoms with van der Waals surface area (Å²) in [6.45, 7) is 2.02. The van der Waals surface area contributed by atoms with E-state index in [4.69, 9.17) is 10.5 Å². The van der Waals surface area contributed by atoms with Crippen LogP contribution in [-0.2, 0) is 6.42 Å². The average Bonchev–Trinajstić information content (AvgIpc) is 2.91. The van der Waals surface area contributed by atoms with Gasteiger partial charge in [0.1, 0.15) is 5.75 Å². The van der Waals surface area contributed by atoms with Gasteiger partial charge in [-0.25, -0.2) is 0 Å². The molecule has 2 nitrogen and oxygen atoms in total. The Labute approximate surface area is 85.1 Å². The van der Waals surface area contributed by atoms with Crippen LogP contribution in [0.4, 0.5) is 0 Å². The quantitative estimate of drug-likeness (QED) is 0.791. The number of hydrogen-bond donors (Lipinski definition) is 1. The van der Waals surface area contributed by atoms with Crippen LogP contribution in [0.15, 0.2) is 24.3 Å². The molecule has 1 saturated carbocycles. The van der Waals surface area contributed by atoms with E-state index in [0.29, 0.717) is 6.10 Å². The molecular weight excluding hydrogens is 174 g/mol. The lowest BCUT2D eigenvalue weighted by Crippen LogP contribution is -2.17. The molecule has 1 aliphatic rings. The fourth-order valence-corrected chi connectivity index (χ4v) is 1.45. The van der Waals surface area contributed by atoms with Crippen LogP contribution < -0.4 is 10.5 Å². The molecule has 76 valence electrons. The number of nitrogens with two attached hydrogens (primary N) is 1. The van der Waals surface area contributed by atoms with Crippen LogP contribution in [0.5, 0.6) is 5.75 Å². The Hall–Kier alpha value is -1.02. The van der Waals surface area contributed by atoms with Crippen molar-refractivity contribution in [3.8, 4) is 5.75 Å². The van der Waals surface area contributed by atoms with Crippen molar-refractivity contribution in [2.75, 3.05) is 0 Å². The van der Waals surface area contributed by atoms with Crippen molar-refractivity contribution >= 4 is 0 Å². The number of benzene rings is 1. The number of rotatable bonds is 4. The van der Waals surface area contributed by atoms with Crippen molar-refractivity contribution in [2.45, 2.75) is 38.3 Å². The number of hydrogen-bond acceptors (Lipinski definition) is 2. The van der Waals surface area contributed by atoms with E-state index in [2.05, 4.69) is 12.1 Å². The summed E-state index contributed by atoms with van der Waals surface area (Å²) >= 11 is 0. The van der Waals surface area contributed by atoms with Gasteiger partial charge in [0.15, 0.2) is 0 Å². The van der Waals surface area contributed by atoms with Gasteiger partial charge >= 0.3 is 0 Å². The second kappa shape index (κ2) is 4.01. The fourth-order valence-electron chi connectivity index (χ4n) is 1.45. The van der Waals surface area contributed by atoms with Crippen LogP contribution in [0.1, 0.15) is 25.3 Å². The van der Waals surface area contributed by atoms with E-state index in [1.54, 1.807) is 0 Å². The van der Waals surface area contributed by atoms with Gasteiger partial charge in [-0.3, -0.25) is 0 Å². The Balaban J connectivity index is 1.94. The zero-order valence-corrected chi connectivity index (χ0v) is 8.57. The van der Waals surface area contributed by atoms with Crippen molar-refractivity contribution < 1.29 is 4.74 Å². The van der Waals surface area contributed by atoms with Crippen molar-refractivity contribution in [1.82, 2.24) is 0 Å². The van der Waals surface area contributed by atoms with Crippen LogP contribution in [0.2, 0.25) is 0 Å². The Morgan fingerprint density at radius 3 is 2.50 bits per heavy atom.